The van der Waals surface area contributed by atoms with Gasteiger partial charge in [-0.3, -0.25) is 0 Å². The van der Waals surface area contributed by atoms with Crippen LogP contribution < -0.4 is 5.73 Å². The minimum absolute atomic E-state index is 0. The summed E-state index contributed by atoms with van der Waals surface area (Å²) in [5.41, 5.74) is 5.73. The zero-order chi connectivity index (χ0) is 6.74. The van der Waals surface area contributed by atoms with Crippen molar-refractivity contribution in [1.29, 1.82) is 5.26 Å². The number of nitrogens with zero attached hydrogens (tertiary/aromatic N) is 1. The first-order valence-electron chi connectivity index (χ1n) is 3.40. The predicted molar refractivity (Wildman–Crippen MR) is 42.8 cm³/mol. The van der Waals surface area contributed by atoms with Crippen LogP contribution in [0.1, 0.15) is 25.7 Å². The van der Waals surface area contributed by atoms with Gasteiger partial charge in [-0.25, -0.2) is 0 Å². The first-order chi connectivity index (χ1) is 4.33. The van der Waals surface area contributed by atoms with E-state index in [4.69, 9.17) is 11.0 Å². The molecule has 2 nitrogen and oxygen atoms in total. The fourth-order valence-electron chi connectivity index (χ4n) is 1.30. The van der Waals surface area contributed by atoms with Crippen LogP contribution >= 0.6 is 12.4 Å². The Hall–Kier alpha value is -0.260. The van der Waals surface area contributed by atoms with Gasteiger partial charge in [0, 0.05) is 6.42 Å². The molecule has 58 valence electrons. The molecule has 1 aliphatic rings. The zero-order valence-corrected chi connectivity index (χ0v) is 6.78. The number of hydrogen-bond acceptors (Lipinski definition) is 2. The molecule has 1 saturated carbocycles. The highest BCUT2D eigenvalue weighted by atomic mass is 35.5. The SMILES string of the molecule is Cl.N#CCC1(CN)CCC1. The number of halogens is 1. The third-order valence-electron chi connectivity index (χ3n) is 2.30. The van der Waals surface area contributed by atoms with Crippen LogP contribution in [0.15, 0.2) is 0 Å². The summed E-state index contributed by atoms with van der Waals surface area (Å²) in [7, 11) is 0. The summed E-state index contributed by atoms with van der Waals surface area (Å²) in [5.74, 6) is 0. The van der Waals surface area contributed by atoms with Crippen molar-refractivity contribution in [1.82, 2.24) is 0 Å². The van der Waals surface area contributed by atoms with E-state index in [0.29, 0.717) is 13.0 Å². The monoisotopic (exact) mass is 160 g/mol. The zero-order valence-electron chi connectivity index (χ0n) is 5.97. The van der Waals surface area contributed by atoms with Gasteiger partial charge in [-0.05, 0) is 24.8 Å². The largest absolute Gasteiger partial charge is 0.330 e. The molecule has 1 aliphatic carbocycles. The molecule has 0 radical (unpaired) electrons. The molecule has 3 heteroatoms. The molecule has 2 N–H and O–H groups in total. The Kier molecular flexibility index (Phi) is 3.70. The standard InChI is InChI=1S/C7H12N2.ClH/c8-5-4-7(6-9)2-1-3-7;/h1-4,6,9H2;1H. The molecule has 0 aromatic rings. The summed E-state index contributed by atoms with van der Waals surface area (Å²) in [5, 5.41) is 8.39. The molecule has 0 saturated heterocycles. The maximum atomic E-state index is 8.39. The van der Waals surface area contributed by atoms with Crippen LogP contribution in [0.4, 0.5) is 0 Å². The smallest absolute Gasteiger partial charge is 0.0628 e. The lowest BCUT2D eigenvalue weighted by Gasteiger charge is -2.38. The van der Waals surface area contributed by atoms with Crippen LogP contribution in [0.2, 0.25) is 0 Å². The van der Waals surface area contributed by atoms with Crippen molar-refractivity contribution in [3.05, 3.63) is 0 Å². The topological polar surface area (TPSA) is 49.8 Å². The van der Waals surface area contributed by atoms with E-state index in [1.54, 1.807) is 0 Å². The molecule has 1 rings (SSSR count). The summed E-state index contributed by atoms with van der Waals surface area (Å²) < 4.78 is 0. The molecule has 0 bridgehead atoms. The van der Waals surface area contributed by atoms with Crippen molar-refractivity contribution in [2.24, 2.45) is 11.1 Å². The summed E-state index contributed by atoms with van der Waals surface area (Å²) in [4.78, 5) is 0. The van der Waals surface area contributed by atoms with Gasteiger partial charge in [0.1, 0.15) is 0 Å². The fraction of sp³-hybridized carbons (Fsp3) is 0.857. The van der Waals surface area contributed by atoms with E-state index in [1.807, 2.05) is 0 Å². The Morgan fingerprint density at radius 2 is 2.10 bits per heavy atom. The van der Waals surface area contributed by atoms with Gasteiger partial charge in [0.15, 0.2) is 0 Å². The Morgan fingerprint density at radius 3 is 2.20 bits per heavy atom. The van der Waals surface area contributed by atoms with Gasteiger partial charge in [0.05, 0.1) is 6.07 Å². The highest BCUT2D eigenvalue weighted by Crippen LogP contribution is 2.42. The van der Waals surface area contributed by atoms with E-state index in [1.165, 1.54) is 6.42 Å². The van der Waals surface area contributed by atoms with Gasteiger partial charge < -0.3 is 5.73 Å². The second-order valence-electron chi connectivity index (χ2n) is 2.89. The minimum Gasteiger partial charge on any atom is -0.330 e. The number of rotatable bonds is 2. The van der Waals surface area contributed by atoms with E-state index < -0.39 is 0 Å². The molecular formula is C7H13ClN2. The van der Waals surface area contributed by atoms with Crippen LogP contribution in [0.5, 0.6) is 0 Å². The second kappa shape index (κ2) is 3.80. The fourth-order valence-corrected chi connectivity index (χ4v) is 1.30. The highest BCUT2D eigenvalue weighted by molar-refractivity contribution is 5.85. The number of nitrogens with two attached hydrogens (primary N) is 1. The van der Waals surface area contributed by atoms with Gasteiger partial charge in [0.25, 0.3) is 0 Å². The quantitative estimate of drug-likeness (QED) is 0.665. The lowest BCUT2D eigenvalue weighted by atomic mass is 9.67. The third kappa shape index (κ3) is 1.62. The number of hydrogen-bond donors (Lipinski definition) is 1. The summed E-state index contributed by atoms with van der Waals surface area (Å²) >= 11 is 0. The molecule has 0 unspecified atom stereocenters. The van der Waals surface area contributed by atoms with Gasteiger partial charge >= 0.3 is 0 Å². The van der Waals surface area contributed by atoms with E-state index in [9.17, 15) is 0 Å². The van der Waals surface area contributed by atoms with E-state index in [0.717, 1.165) is 12.8 Å². The predicted octanol–water partition coefficient (Wildman–Crippen LogP) is 1.45. The summed E-state index contributed by atoms with van der Waals surface area (Å²) in [6, 6.07) is 2.18. The van der Waals surface area contributed by atoms with Gasteiger partial charge in [-0.1, -0.05) is 6.42 Å². The Labute approximate surface area is 67.8 Å². The Bertz CT molecular complexity index is 130. The average Bonchev–Trinajstić information content (AvgIpc) is 1.79. The summed E-state index contributed by atoms with van der Waals surface area (Å²) in [6.45, 7) is 0.695. The molecular weight excluding hydrogens is 148 g/mol. The van der Waals surface area contributed by atoms with E-state index in [2.05, 4.69) is 6.07 Å². The molecule has 0 heterocycles. The lowest BCUT2D eigenvalue weighted by molar-refractivity contribution is 0.151. The molecule has 0 amide bonds. The molecule has 1 fully saturated rings. The van der Waals surface area contributed by atoms with Crippen molar-refractivity contribution < 1.29 is 0 Å². The van der Waals surface area contributed by atoms with Crippen molar-refractivity contribution in [3.63, 3.8) is 0 Å². The average molecular weight is 161 g/mol. The molecule has 0 aliphatic heterocycles. The van der Waals surface area contributed by atoms with Crippen molar-refractivity contribution in [2.45, 2.75) is 25.7 Å². The minimum atomic E-state index is 0. The number of nitriles is 1. The normalized spacial score (nSPS) is 20.0. The van der Waals surface area contributed by atoms with Crippen LogP contribution in [0.3, 0.4) is 0 Å². The van der Waals surface area contributed by atoms with Crippen LogP contribution in [0.25, 0.3) is 0 Å². The molecule has 0 aromatic heterocycles. The van der Waals surface area contributed by atoms with Crippen LogP contribution in [0, 0.1) is 16.7 Å². The molecule has 0 aromatic carbocycles. The molecule has 0 atom stereocenters. The third-order valence-corrected chi connectivity index (χ3v) is 2.30. The maximum absolute atomic E-state index is 8.39. The van der Waals surface area contributed by atoms with Crippen molar-refractivity contribution >= 4 is 12.4 Å². The Balaban J connectivity index is 0.000000810. The molecule has 0 spiro atoms. The van der Waals surface area contributed by atoms with Crippen LogP contribution in [-0.2, 0) is 0 Å². The van der Waals surface area contributed by atoms with Crippen molar-refractivity contribution in [3.8, 4) is 6.07 Å². The van der Waals surface area contributed by atoms with Crippen molar-refractivity contribution in [2.75, 3.05) is 6.54 Å². The lowest BCUT2D eigenvalue weighted by Crippen LogP contribution is -2.36. The van der Waals surface area contributed by atoms with E-state index >= 15 is 0 Å². The second-order valence-corrected chi connectivity index (χ2v) is 2.89. The molecule has 10 heavy (non-hydrogen) atoms. The first-order valence-corrected chi connectivity index (χ1v) is 3.40. The van der Waals surface area contributed by atoms with Gasteiger partial charge in [-0.15, -0.1) is 12.4 Å². The first kappa shape index (κ1) is 9.74. The maximum Gasteiger partial charge on any atom is 0.0628 e. The highest BCUT2D eigenvalue weighted by Gasteiger charge is 2.34. The van der Waals surface area contributed by atoms with Gasteiger partial charge in [0.2, 0.25) is 0 Å². The van der Waals surface area contributed by atoms with Gasteiger partial charge in [-0.2, -0.15) is 5.26 Å². The summed E-state index contributed by atoms with van der Waals surface area (Å²) in [6.07, 6.45) is 4.25. The van der Waals surface area contributed by atoms with E-state index in [-0.39, 0.29) is 17.8 Å². The van der Waals surface area contributed by atoms with Crippen LogP contribution in [-0.4, -0.2) is 6.54 Å². The Morgan fingerprint density at radius 1 is 1.50 bits per heavy atom.